The maximum Gasteiger partial charge on any atom is 0.335 e. The number of aromatic carboxylic acids is 1. The molecule has 0 radical (unpaired) electrons. The molecule has 2 aromatic carbocycles. The third-order valence-corrected chi connectivity index (χ3v) is 3.80. The molecule has 2 heterocycles. The zero-order chi connectivity index (χ0) is 16.8. The molecule has 0 bridgehead atoms. The number of aromatic amines is 1. The van der Waals surface area contributed by atoms with Crippen molar-refractivity contribution in [1.82, 2.24) is 19.5 Å². The molecule has 3 N–H and O–H groups in total. The lowest BCUT2D eigenvalue weighted by Crippen LogP contribution is -2.00. The van der Waals surface area contributed by atoms with Crippen LogP contribution in [0.15, 0.2) is 36.4 Å². The number of carboxylic acid groups (broad SMARTS) is 1. The molecule has 0 amide bonds. The van der Waals surface area contributed by atoms with Gasteiger partial charge in [0, 0.05) is 7.05 Å². The highest BCUT2D eigenvalue weighted by atomic mass is 19.1. The van der Waals surface area contributed by atoms with E-state index in [1.165, 1.54) is 24.3 Å². The minimum Gasteiger partial charge on any atom is -0.478 e. The molecule has 0 aliphatic carbocycles. The van der Waals surface area contributed by atoms with Crippen LogP contribution in [-0.4, -0.2) is 30.6 Å². The number of aromatic nitrogens is 4. The van der Waals surface area contributed by atoms with Crippen LogP contribution in [0, 0.1) is 5.82 Å². The van der Waals surface area contributed by atoms with E-state index in [0.717, 1.165) is 5.52 Å². The Hall–Kier alpha value is -3.42. The van der Waals surface area contributed by atoms with Crippen molar-refractivity contribution in [2.24, 2.45) is 7.05 Å². The predicted octanol–water partition coefficient (Wildman–Crippen LogP) is 3.03. The molecule has 7 nitrogen and oxygen atoms in total. The summed E-state index contributed by atoms with van der Waals surface area (Å²) < 4.78 is 15.0. The number of nitrogens with zero attached hydrogens (tertiary/aromatic N) is 3. The van der Waals surface area contributed by atoms with Crippen LogP contribution in [0.4, 0.5) is 16.3 Å². The fourth-order valence-electron chi connectivity index (χ4n) is 2.59. The van der Waals surface area contributed by atoms with Crippen molar-refractivity contribution in [3.63, 3.8) is 0 Å². The van der Waals surface area contributed by atoms with Crippen molar-refractivity contribution in [3.05, 3.63) is 47.8 Å². The molecule has 0 spiro atoms. The molecule has 0 fully saturated rings. The van der Waals surface area contributed by atoms with Gasteiger partial charge in [0.1, 0.15) is 5.82 Å². The van der Waals surface area contributed by atoms with Crippen LogP contribution in [0.2, 0.25) is 0 Å². The first kappa shape index (κ1) is 14.2. The Morgan fingerprint density at radius 1 is 1.21 bits per heavy atom. The first-order valence-electron chi connectivity index (χ1n) is 7.13. The van der Waals surface area contributed by atoms with Crippen LogP contribution in [0.25, 0.3) is 22.1 Å². The third-order valence-electron chi connectivity index (χ3n) is 3.80. The summed E-state index contributed by atoms with van der Waals surface area (Å²) in [6.07, 6.45) is 0. The molecule has 0 atom stereocenters. The molecular weight excluding hydrogens is 313 g/mol. The molecule has 24 heavy (non-hydrogen) atoms. The van der Waals surface area contributed by atoms with Gasteiger partial charge in [-0.3, -0.25) is 5.32 Å². The lowest BCUT2D eigenvalue weighted by molar-refractivity contribution is 0.0697. The molecule has 0 aliphatic rings. The van der Waals surface area contributed by atoms with Gasteiger partial charge < -0.3 is 14.7 Å². The fourth-order valence-corrected chi connectivity index (χ4v) is 2.59. The van der Waals surface area contributed by atoms with E-state index in [-0.39, 0.29) is 11.4 Å². The molecule has 8 heteroatoms. The van der Waals surface area contributed by atoms with Crippen molar-refractivity contribution in [2.45, 2.75) is 0 Å². The second-order valence-corrected chi connectivity index (χ2v) is 5.37. The summed E-state index contributed by atoms with van der Waals surface area (Å²) in [5, 5.41) is 12.1. The van der Waals surface area contributed by atoms with Gasteiger partial charge >= 0.3 is 5.97 Å². The summed E-state index contributed by atoms with van der Waals surface area (Å²) in [4.78, 5) is 22.8. The smallest absolute Gasteiger partial charge is 0.335 e. The number of rotatable bonds is 3. The number of aryl methyl sites for hydroxylation is 1. The van der Waals surface area contributed by atoms with E-state index in [1.54, 1.807) is 23.7 Å². The molecule has 4 rings (SSSR count). The van der Waals surface area contributed by atoms with E-state index in [2.05, 4.69) is 20.3 Å². The number of H-pyrrole nitrogens is 1. The summed E-state index contributed by atoms with van der Waals surface area (Å²) in [5.74, 6) is -0.433. The van der Waals surface area contributed by atoms with Gasteiger partial charge in [-0.1, -0.05) is 0 Å². The second kappa shape index (κ2) is 5.05. The lowest BCUT2D eigenvalue weighted by atomic mass is 10.2. The van der Waals surface area contributed by atoms with E-state index < -0.39 is 5.97 Å². The van der Waals surface area contributed by atoms with E-state index in [1.807, 2.05) is 0 Å². The van der Waals surface area contributed by atoms with Crippen molar-refractivity contribution >= 4 is 39.9 Å². The Balaban J connectivity index is 1.75. The predicted molar refractivity (Wildman–Crippen MR) is 87.0 cm³/mol. The number of anilines is 2. The van der Waals surface area contributed by atoms with Gasteiger partial charge in [0.25, 0.3) is 0 Å². The Labute approximate surface area is 134 Å². The maximum absolute atomic E-state index is 13.2. The average Bonchev–Trinajstić information content (AvgIpc) is 3.08. The normalized spacial score (nSPS) is 11.2. The molecule has 0 saturated heterocycles. The van der Waals surface area contributed by atoms with Crippen molar-refractivity contribution in [2.75, 3.05) is 5.32 Å². The van der Waals surface area contributed by atoms with E-state index in [4.69, 9.17) is 5.11 Å². The average molecular weight is 325 g/mol. The number of fused-ring (bicyclic) bond motifs is 2. The molecular formula is C16H12FN5O2. The Morgan fingerprint density at radius 2 is 2.04 bits per heavy atom. The zero-order valence-electron chi connectivity index (χ0n) is 12.5. The van der Waals surface area contributed by atoms with E-state index >= 15 is 0 Å². The van der Waals surface area contributed by atoms with Crippen LogP contribution in [0.3, 0.4) is 0 Å². The number of benzene rings is 2. The highest BCUT2D eigenvalue weighted by molar-refractivity contribution is 5.93. The van der Waals surface area contributed by atoms with Crippen molar-refractivity contribution in [1.29, 1.82) is 0 Å². The molecule has 0 saturated carbocycles. The first-order valence-corrected chi connectivity index (χ1v) is 7.13. The van der Waals surface area contributed by atoms with Crippen molar-refractivity contribution < 1.29 is 14.3 Å². The number of carboxylic acids is 1. The van der Waals surface area contributed by atoms with Gasteiger partial charge in [0.05, 0.1) is 27.6 Å². The van der Waals surface area contributed by atoms with Crippen LogP contribution in [0.1, 0.15) is 10.4 Å². The number of halogens is 1. The van der Waals surface area contributed by atoms with E-state index in [0.29, 0.717) is 28.4 Å². The van der Waals surface area contributed by atoms with Gasteiger partial charge in [0.2, 0.25) is 11.9 Å². The molecule has 4 aromatic rings. The zero-order valence-corrected chi connectivity index (χ0v) is 12.5. The standard InChI is InChI=1S/C16H12FN5O2/c1-22-13-5-2-8(14(23)24)6-12(13)20-16(22)21-15-18-10-4-3-9(17)7-11(10)19-15/h2-7H,1H3,(H,23,24)(H2,18,19,20,21). The Kier molecular flexibility index (Phi) is 2.99. The summed E-state index contributed by atoms with van der Waals surface area (Å²) in [6.45, 7) is 0. The minimum atomic E-state index is -1.00. The van der Waals surface area contributed by atoms with Crippen molar-refractivity contribution in [3.8, 4) is 0 Å². The number of imidazole rings is 2. The first-order chi connectivity index (χ1) is 11.5. The Morgan fingerprint density at radius 3 is 2.83 bits per heavy atom. The summed E-state index contributed by atoms with van der Waals surface area (Å²) >= 11 is 0. The van der Waals surface area contributed by atoms with Gasteiger partial charge in [-0.05, 0) is 36.4 Å². The second-order valence-electron chi connectivity index (χ2n) is 5.37. The summed E-state index contributed by atoms with van der Waals surface area (Å²) in [7, 11) is 1.81. The highest BCUT2D eigenvalue weighted by Gasteiger charge is 2.12. The van der Waals surface area contributed by atoms with Crippen LogP contribution >= 0.6 is 0 Å². The summed E-state index contributed by atoms with van der Waals surface area (Å²) in [5.41, 5.74) is 2.72. The quantitative estimate of drug-likeness (QED) is 0.538. The van der Waals surface area contributed by atoms with Gasteiger partial charge in [-0.15, -0.1) is 0 Å². The molecule has 0 unspecified atom stereocenters. The minimum absolute atomic E-state index is 0.173. The van der Waals surface area contributed by atoms with Crippen LogP contribution in [-0.2, 0) is 7.05 Å². The van der Waals surface area contributed by atoms with Crippen LogP contribution < -0.4 is 5.32 Å². The van der Waals surface area contributed by atoms with Gasteiger partial charge in [-0.25, -0.2) is 19.2 Å². The SMILES string of the molecule is Cn1c(Nc2nc3ccc(F)cc3[nH]2)nc2cc(C(=O)O)ccc21. The van der Waals surface area contributed by atoms with Crippen LogP contribution in [0.5, 0.6) is 0 Å². The van der Waals surface area contributed by atoms with Gasteiger partial charge in [0.15, 0.2) is 0 Å². The molecule has 120 valence electrons. The number of hydrogen-bond donors (Lipinski definition) is 3. The topological polar surface area (TPSA) is 95.8 Å². The number of carbonyl (C=O) groups is 1. The van der Waals surface area contributed by atoms with Gasteiger partial charge in [-0.2, -0.15) is 0 Å². The molecule has 2 aromatic heterocycles. The lowest BCUT2D eigenvalue weighted by Gasteiger charge is -2.02. The fraction of sp³-hybridized carbons (Fsp3) is 0.0625. The number of hydrogen-bond acceptors (Lipinski definition) is 4. The number of nitrogens with one attached hydrogen (secondary N) is 2. The third kappa shape index (κ3) is 2.24. The van der Waals surface area contributed by atoms with E-state index in [9.17, 15) is 9.18 Å². The Bertz CT molecular complexity index is 1100. The molecule has 0 aliphatic heterocycles. The monoisotopic (exact) mass is 325 g/mol. The maximum atomic E-state index is 13.2. The highest BCUT2D eigenvalue weighted by Crippen LogP contribution is 2.23. The summed E-state index contributed by atoms with van der Waals surface area (Å²) in [6, 6.07) is 9.03. The largest absolute Gasteiger partial charge is 0.478 e.